The second-order valence-electron chi connectivity index (χ2n) is 19.4. The second-order valence-corrected chi connectivity index (χ2v) is 19.4. The van der Waals surface area contributed by atoms with Crippen LogP contribution >= 0.6 is 0 Å². The Labute approximate surface area is 400 Å². The van der Waals surface area contributed by atoms with E-state index in [9.17, 15) is 40.5 Å². The van der Waals surface area contributed by atoms with Crippen LogP contribution in [-0.2, 0) is 33.2 Å². The molecule has 2 rings (SSSR count). The second kappa shape index (κ2) is 40.7. The summed E-state index contributed by atoms with van der Waals surface area (Å²) in [5.41, 5.74) is 0. The fraction of sp³-hybridized carbons (Fsp3) is 0.981. The Morgan fingerprint density at radius 1 is 0.439 bits per heavy atom. The highest BCUT2D eigenvalue weighted by atomic mass is 16.7. The first kappa shape index (κ1) is 61.1. The lowest BCUT2D eigenvalue weighted by atomic mass is 9.98. The molecule has 0 aromatic carbocycles. The first-order chi connectivity index (χ1) is 32.1. The minimum atomic E-state index is -1.70. The van der Waals surface area contributed by atoms with Crippen LogP contribution in [0.15, 0.2) is 0 Å². The van der Waals surface area contributed by atoms with Crippen molar-refractivity contribution in [2.75, 3.05) is 33.0 Å². The largest absolute Gasteiger partial charge is 0.457 e. The van der Waals surface area contributed by atoms with E-state index in [0.717, 1.165) is 44.9 Å². The van der Waals surface area contributed by atoms with Gasteiger partial charge in [-0.2, -0.15) is 0 Å². The fourth-order valence-corrected chi connectivity index (χ4v) is 8.93. The molecule has 66 heavy (non-hydrogen) atoms. The number of hydrogen-bond acceptors (Lipinski definition) is 14. The minimum absolute atomic E-state index is 0.0705. The highest BCUT2D eigenvalue weighted by molar-refractivity contribution is 5.69. The minimum Gasteiger partial charge on any atom is -0.457 e. The van der Waals surface area contributed by atoms with Gasteiger partial charge in [0.25, 0.3) is 0 Å². The lowest BCUT2D eigenvalue weighted by molar-refractivity contribution is -0.332. The third kappa shape index (κ3) is 28.0. The van der Waals surface area contributed by atoms with Crippen LogP contribution in [0.2, 0.25) is 0 Å². The molecule has 0 radical (unpaired) electrons. The normalized spacial score (nSPS) is 26.2. The van der Waals surface area contributed by atoms with E-state index in [1.165, 1.54) is 161 Å². The van der Waals surface area contributed by atoms with Gasteiger partial charge in [0.05, 0.1) is 26.4 Å². The summed E-state index contributed by atoms with van der Waals surface area (Å²) in [7, 11) is 0. The van der Waals surface area contributed by atoms with Gasteiger partial charge in [0.15, 0.2) is 12.6 Å². The topological polar surface area (TPSA) is 214 Å². The molecule has 2 aliphatic heterocycles. The number of rotatable bonds is 44. The van der Waals surface area contributed by atoms with Gasteiger partial charge in [-0.1, -0.05) is 206 Å². The van der Waals surface area contributed by atoms with E-state index < -0.39 is 80.7 Å². The van der Waals surface area contributed by atoms with E-state index >= 15 is 0 Å². The number of hydrogen-bond donors (Lipinski definition) is 7. The van der Waals surface area contributed by atoms with E-state index in [1.54, 1.807) is 0 Å². The fourth-order valence-electron chi connectivity index (χ4n) is 8.93. The Morgan fingerprint density at radius 3 is 1.23 bits per heavy atom. The number of aliphatic hydroxyl groups is 7. The number of esters is 1. The van der Waals surface area contributed by atoms with Crippen molar-refractivity contribution in [2.45, 2.75) is 293 Å². The zero-order valence-electron chi connectivity index (χ0n) is 41.7. The number of ether oxygens (including phenoxy) is 6. The Bertz CT molecular complexity index is 1100. The van der Waals surface area contributed by atoms with Gasteiger partial charge < -0.3 is 64.2 Å². The number of aliphatic hydroxyl groups excluding tert-OH is 7. The molecule has 11 unspecified atom stereocenters. The summed E-state index contributed by atoms with van der Waals surface area (Å²) < 4.78 is 34.3. The van der Waals surface area contributed by atoms with E-state index in [-0.39, 0.29) is 25.6 Å². The van der Waals surface area contributed by atoms with Crippen molar-refractivity contribution in [3.8, 4) is 0 Å². The van der Waals surface area contributed by atoms with Gasteiger partial charge in [0.2, 0.25) is 0 Å². The highest BCUT2D eigenvalue weighted by Gasteiger charge is 2.47. The third-order valence-electron chi connectivity index (χ3n) is 13.4. The smallest absolute Gasteiger partial charge is 0.306 e. The van der Waals surface area contributed by atoms with Gasteiger partial charge >= 0.3 is 5.97 Å². The van der Waals surface area contributed by atoms with Crippen molar-refractivity contribution in [2.24, 2.45) is 0 Å². The summed E-state index contributed by atoms with van der Waals surface area (Å²) in [6.45, 7) is 3.74. The van der Waals surface area contributed by atoms with E-state index in [0.29, 0.717) is 6.61 Å². The lowest BCUT2D eigenvalue weighted by Crippen LogP contribution is -2.61. The van der Waals surface area contributed by atoms with Crippen molar-refractivity contribution < 1.29 is 69.0 Å². The first-order valence-electron chi connectivity index (χ1n) is 27.1. The Morgan fingerprint density at radius 2 is 0.803 bits per heavy atom. The van der Waals surface area contributed by atoms with Crippen LogP contribution in [0.5, 0.6) is 0 Å². The van der Waals surface area contributed by atoms with Crippen LogP contribution < -0.4 is 0 Å². The number of carbonyl (C=O) groups excluding carboxylic acids is 1. The van der Waals surface area contributed by atoms with Crippen LogP contribution in [-0.4, -0.2) is 142 Å². The molecule has 0 aromatic rings. The SMILES string of the molecule is CCCCCCCCCCCCCCCCCCCCOCC(COC1OC(COC2OC(CO)C(O)C(O)C2O)C(O)C(O)C1O)OC(=O)CCCCCCCCCCCCCCCC. The molecule has 2 saturated heterocycles. The maximum absolute atomic E-state index is 13.0. The van der Waals surface area contributed by atoms with E-state index in [2.05, 4.69) is 13.8 Å². The standard InChI is InChI=1S/C52H100O14/c1-3-5-7-9-11-13-15-17-19-20-21-22-24-26-28-30-32-34-36-61-38-41(64-44(54)35-33-31-29-27-25-23-18-16-14-12-10-8-6-4-2)39-62-51-50(60)48(58)46(56)43(66-51)40-63-52-49(59)47(57)45(55)42(37-53)65-52/h41-43,45-53,55-60H,3-40H2,1-2H3. The number of carbonyl (C=O) groups is 1. The number of unbranched alkanes of at least 4 members (excludes halogenated alkanes) is 30. The van der Waals surface area contributed by atoms with Crippen molar-refractivity contribution >= 4 is 5.97 Å². The molecule has 0 bridgehead atoms. The van der Waals surface area contributed by atoms with Crippen molar-refractivity contribution in [3.63, 3.8) is 0 Å². The summed E-state index contributed by atoms with van der Waals surface area (Å²) in [5.74, 6) is -0.370. The third-order valence-corrected chi connectivity index (χ3v) is 13.4. The molecular weight excluding hydrogens is 849 g/mol. The van der Waals surface area contributed by atoms with Crippen LogP contribution in [0.1, 0.15) is 226 Å². The maximum atomic E-state index is 13.0. The summed E-state index contributed by atoms with van der Waals surface area (Å²) in [5, 5.41) is 72.2. The van der Waals surface area contributed by atoms with Gasteiger partial charge in [-0.25, -0.2) is 0 Å². The zero-order chi connectivity index (χ0) is 48.0. The maximum Gasteiger partial charge on any atom is 0.306 e. The molecule has 7 N–H and O–H groups in total. The summed E-state index contributed by atoms with van der Waals surface area (Å²) in [6, 6.07) is 0. The van der Waals surface area contributed by atoms with Gasteiger partial charge in [-0.15, -0.1) is 0 Å². The molecule has 2 fully saturated rings. The van der Waals surface area contributed by atoms with E-state index in [4.69, 9.17) is 28.4 Å². The van der Waals surface area contributed by atoms with Crippen LogP contribution in [0.25, 0.3) is 0 Å². The Kier molecular flexibility index (Phi) is 37.7. The molecule has 2 aliphatic rings. The van der Waals surface area contributed by atoms with Gasteiger partial charge in [0.1, 0.15) is 54.9 Å². The van der Waals surface area contributed by atoms with Crippen molar-refractivity contribution in [3.05, 3.63) is 0 Å². The summed E-state index contributed by atoms with van der Waals surface area (Å²) >= 11 is 0. The molecule has 0 aliphatic carbocycles. The summed E-state index contributed by atoms with van der Waals surface area (Å²) in [4.78, 5) is 13.0. The predicted octanol–water partition coefficient (Wildman–Crippen LogP) is 8.47. The Balaban J connectivity index is 1.73. The zero-order valence-corrected chi connectivity index (χ0v) is 41.7. The van der Waals surface area contributed by atoms with Crippen molar-refractivity contribution in [1.82, 2.24) is 0 Å². The molecule has 0 saturated carbocycles. The highest BCUT2D eigenvalue weighted by Crippen LogP contribution is 2.27. The van der Waals surface area contributed by atoms with Gasteiger partial charge in [-0.05, 0) is 12.8 Å². The van der Waals surface area contributed by atoms with Gasteiger partial charge in [-0.3, -0.25) is 4.79 Å². The first-order valence-corrected chi connectivity index (χ1v) is 27.1. The van der Waals surface area contributed by atoms with E-state index in [1.807, 2.05) is 0 Å². The van der Waals surface area contributed by atoms with Crippen LogP contribution in [0.4, 0.5) is 0 Å². The molecule has 11 atom stereocenters. The predicted molar refractivity (Wildman–Crippen MR) is 257 cm³/mol. The van der Waals surface area contributed by atoms with Gasteiger partial charge in [0, 0.05) is 13.0 Å². The average Bonchev–Trinajstić information content (AvgIpc) is 3.31. The van der Waals surface area contributed by atoms with Crippen LogP contribution in [0, 0.1) is 0 Å². The Hall–Kier alpha value is -1.01. The monoisotopic (exact) mass is 949 g/mol. The van der Waals surface area contributed by atoms with Crippen molar-refractivity contribution in [1.29, 1.82) is 0 Å². The molecule has 0 spiro atoms. The molecule has 2 heterocycles. The molecule has 14 heteroatoms. The summed E-state index contributed by atoms with van der Waals surface area (Å²) in [6.07, 6.45) is 24.5. The molecular formula is C52H100O14. The molecule has 0 amide bonds. The molecule has 14 nitrogen and oxygen atoms in total. The average molecular weight is 949 g/mol. The molecule has 0 aromatic heterocycles. The molecule has 392 valence electrons. The lowest BCUT2D eigenvalue weighted by Gasteiger charge is -2.42. The quantitative estimate of drug-likeness (QED) is 0.0226. The van der Waals surface area contributed by atoms with Crippen LogP contribution in [0.3, 0.4) is 0 Å².